The van der Waals surface area contributed by atoms with Gasteiger partial charge < -0.3 is 4.74 Å². The van der Waals surface area contributed by atoms with Crippen LogP contribution in [0.2, 0.25) is 0 Å². The zero-order valence-electron chi connectivity index (χ0n) is 5.30. The van der Waals surface area contributed by atoms with E-state index < -0.39 is 5.79 Å². The van der Waals surface area contributed by atoms with Gasteiger partial charge in [0.05, 0.1) is 0 Å². The molecular formula is C5H10O3. The molecule has 1 saturated heterocycles. The Morgan fingerprint density at radius 2 is 2.00 bits per heavy atom. The molecule has 1 aliphatic rings. The smallest absolute Gasteiger partial charge is 0.199 e. The summed E-state index contributed by atoms with van der Waals surface area (Å²) in [5.74, 6) is -0.556. The Hall–Kier alpha value is -0.120. The molecule has 0 radical (unpaired) electrons. The SMILES string of the molecule is C[C@@H]1OOC(C)(C)O1. The van der Waals surface area contributed by atoms with E-state index in [0.29, 0.717) is 0 Å². The summed E-state index contributed by atoms with van der Waals surface area (Å²) in [4.78, 5) is 9.38. The normalized spacial score (nSPS) is 35.6. The molecule has 8 heavy (non-hydrogen) atoms. The summed E-state index contributed by atoms with van der Waals surface area (Å²) in [5, 5.41) is 0. The highest BCUT2D eigenvalue weighted by Crippen LogP contribution is 2.22. The number of hydrogen-bond acceptors (Lipinski definition) is 3. The van der Waals surface area contributed by atoms with Crippen molar-refractivity contribution in [1.29, 1.82) is 0 Å². The van der Waals surface area contributed by atoms with Crippen molar-refractivity contribution >= 4 is 0 Å². The van der Waals surface area contributed by atoms with Crippen LogP contribution in [0, 0.1) is 0 Å². The maximum atomic E-state index is 5.10. The van der Waals surface area contributed by atoms with E-state index in [0.717, 1.165) is 0 Å². The molecule has 0 bridgehead atoms. The van der Waals surface area contributed by atoms with Gasteiger partial charge in [-0.3, -0.25) is 0 Å². The molecule has 0 spiro atoms. The summed E-state index contributed by atoms with van der Waals surface area (Å²) >= 11 is 0. The van der Waals surface area contributed by atoms with Gasteiger partial charge in [0.25, 0.3) is 0 Å². The van der Waals surface area contributed by atoms with E-state index in [1.54, 1.807) is 20.8 Å². The van der Waals surface area contributed by atoms with Crippen LogP contribution in [0.3, 0.4) is 0 Å². The van der Waals surface area contributed by atoms with E-state index >= 15 is 0 Å². The molecule has 1 atom stereocenters. The first-order valence-corrected chi connectivity index (χ1v) is 2.62. The van der Waals surface area contributed by atoms with Gasteiger partial charge >= 0.3 is 0 Å². The maximum Gasteiger partial charge on any atom is 0.199 e. The Morgan fingerprint density at radius 3 is 2.12 bits per heavy atom. The van der Waals surface area contributed by atoms with Crippen LogP contribution in [-0.4, -0.2) is 12.1 Å². The minimum Gasteiger partial charge on any atom is -0.316 e. The second kappa shape index (κ2) is 1.69. The van der Waals surface area contributed by atoms with Gasteiger partial charge in [0.1, 0.15) is 0 Å². The largest absolute Gasteiger partial charge is 0.316 e. The second-order valence-electron chi connectivity index (χ2n) is 2.26. The van der Waals surface area contributed by atoms with Crippen LogP contribution < -0.4 is 0 Å². The molecule has 0 aromatic rings. The molecule has 0 N–H and O–H groups in total. The quantitative estimate of drug-likeness (QED) is 0.445. The molecule has 1 rings (SSSR count). The molecule has 1 heterocycles. The molecule has 3 nitrogen and oxygen atoms in total. The summed E-state index contributed by atoms with van der Waals surface area (Å²) in [6.07, 6.45) is -0.231. The fourth-order valence-corrected chi connectivity index (χ4v) is 0.623. The zero-order chi connectivity index (χ0) is 6.20. The van der Waals surface area contributed by atoms with E-state index in [2.05, 4.69) is 4.89 Å². The molecular weight excluding hydrogens is 108 g/mol. The van der Waals surface area contributed by atoms with Crippen LogP contribution in [0.5, 0.6) is 0 Å². The van der Waals surface area contributed by atoms with E-state index in [4.69, 9.17) is 9.62 Å². The van der Waals surface area contributed by atoms with Crippen LogP contribution in [0.15, 0.2) is 0 Å². The lowest BCUT2D eigenvalue weighted by Crippen LogP contribution is -2.20. The predicted octanol–water partition coefficient (Wildman–Crippen LogP) is 1.05. The van der Waals surface area contributed by atoms with Gasteiger partial charge in [-0.1, -0.05) is 0 Å². The highest BCUT2D eigenvalue weighted by molar-refractivity contribution is 4.54. The molecule has 0 saturated carbocycles. The monoisotopic (exact) mass is 118 g/mol. The third kappa shape index (κ3) is 1.18. The highest BCUT2D eigenvalue weighted by atomic mass is 17.3. The van der Waals surface area contributed by atoms with Crippen molar-refractivity contribution in [2.75, 3.05) is 0 Å². The van der Waals surface area contributed by atoms with Crippen LogP contribution in [0.1, 0.15) is 20.8 Å². The molecule has 0 aromatic carbocycles. The van der Waals surface area contributed by atoms with Gasteiger partial charge in [-0.15, -0.1) is 0 Å². The average molecular weight is 118 g/mol. The molecule has 1 aliphatic heterocycles. The Morgan fingerprint density at radius 1 is 1.38 bits per heavy atom. The first kappa shape index (κ1) is 6.01. The van der Waals surface area contributed by atoms with Crippen LogP contribution in [0.25, 0.3) is 0 Å². The number of hydrogen-bond donors (Lipinski definition) is 0. The van der Waals surface area contributed by atoms with Crippen molar-refractivity contribution in [3.8, 4) is 0 Å². The van der Waals surface area contributed by atoms with E-state index in [9.17, 15) is 0 Å². The fraction of sp³-hybridized carbons (Fsp3) is 1.00. The lowest BCUT2D eigenvalue weighted by Gasteiger charge is -2.10. The summed E-state index contributed by atoms with van der Waals surface area (Å²) in [6.45, 7) is 5.39. The first-order valence-electron chi connectivity index (χ1n) is 2.62. The highest BCUT2D eigenvalue weighted by Gasteiger charge is 2.31. The summed E-state index contributed by atoms with van der Waals surface area (Å²) < 4.78 is 5.10. The number of rotatable bonds is 0. The predicted molar refractivity (Wildman–Crippen MR) is 26.8 cm³/mol. The second-order valence-corrected chi connectivity index (χ2v) is 2.26. The van der Waals surface area contributed by atoms with E-state index in [-0.39, 0.29) is 6.29 Å². The summed E-state index contributed by atoms with van der Waals surface area (Å²) in [5.41, 5.74) is 0. The standard InChI is InChI=1S/C5H10O3/c1-4-6-5(2,3)8-7-4/h4H,1-3H3/t4-/m0/s1. The Bertz CT molecular complexity index is 89.7. The van der Waals surface area contributed by atoms with Gasteiger partial charge in [0, 0.05) is 0 Å². The molecule has 0 unspecified atom stereocenters. The Balaban J connectivity index is 2.44. The van der Waals surface area contributed by atoms with E-state index in [1.807, 2.05) is 0 Å². The van der Waals surface area contributed by atoms with Gasteiger partial charge in [-0.05, 0) is 20.8 Å². The molecule has 0 aliphatic carbocycles. The van der Waals surface area contributed by atoms with Gasteiger partial charge in [0.2, 0.25) is 0 Å². The van der Waals surface area contributed by atoms with Crippen molar-refractivity contribution in [2.45, 2.75) is 32.8 Å². The minimum atomic E-state index is -0.556. The maximum absolute atomic E-state index is 5.10. The minimum absolute atomic E-state index is 0.231. The average Bonchev–Trinajstić information content (AvgIpc) is 1.82. The van der Waals surface area contributed by atoms with Crippen molar-refractivity contribution in [2.24, 2.45) is 0 Å². The lowest BCUT2D eigenvalue weighted by atomic mass is 10.4. The van der Waals surface area contributed by atoms with Gasteiger partial charge in [0.15, 0.2) is 12.1 Å². The van der Waals surface area contributed by atoms with Crippen molar-refractivity contribution in [1.82, 2.24) is 0 Å². The molecule has 0 amide bonds. The fourth-order valence-electron chi connectivity index (χ4n) is 0.623. The molecule has 48 valence electrons. The third-order valence-corrected chi connectivity index (χ3v) is 0.834. The zero-order valence-corrected chi connectivity index (χ0v) is 5.30. The van der Waals surface area contributed by atoms with Crippen molar-refractivity contribution in [3.05, 3.63) is 0 Å². The molecule has 0 aromatic heterocycles. The first-order chi connectivity index (χ1) is 3.60. The van der Waals surface area contributed by atoms with Crippen molar-refractivity contribution < 1.29 is 14.5 Å². The lowest BCUT2D eigenvalue weighted by molar-refractivity contribution is -0.319. The number of ether oxygens (including phenoxy) is 1. The van der Waals surface area contributed by atoms with Crippen LogP contribution in [-0.2, 0) is 14.5 Å². The van der Waals surface area contributed by atoms with Crippen molar-refractivity contribution in [3.63, 3.8) is 0 Å². The summed E-state index contributed by atoms with van der Waals surface area (Å²) in [7, 11) is 0. The van der Waals surface area contributed by atoms with Crippen LogP contribution in [0.4, 0.5) is 0 Å². The molecule has 3 heteroatoms. The Labute approximate surface area is 48.5 Å². The van der Waals surface area contributed by atoms with Gasteiger partial charge in [-0.2, -0.15) is 4.89 Å². The summed E-state index contributed by atoms with van der Waals surface area (Å²) in [6, 6.07) is 0. The Kier molecular flexibility index (Phi) is 1.27. The molecule has 1 fully saturated rings. The van der Waals surface area contributed by atoms with Crippen LogP contribution >= 0.6 is 0 Å². The topological polar surface area (TPSA) is 27.7 Å². The van der Waals surface area contributed by atoms with E-state index in [1.165, 1.54) is 0 Å². The third-order valence-electron chi connectivity index (χ3n) is 0.834. The van der Waals surface area contributed by atoms with Gasteiger partial charge in [-0.25, -0.2) is 4.89 Å².